The number of nitrogens with one attached hydrogen (secondary N) is 1. The fraction of sp³-hybridized carbons (Fsp3) is 0.786. The van der Waals surface area contributed by atoms with Crippen LogP contribution in [0.2, 0.25) is 0 Å². The van der Waals surface area contributed by atoms with Gasteiger partial charge in [-0.1, -0.05) is 20.8 Å². The quantitative estimate of drug-likeness (QED) is 0.824. The van der Waals surface area contributed by atoms with Gasteiger partial charge in [0, 0.05) is 24.0 Å². The van der Waals surface area contributed by atoms with E-state index in [-0.39, 0.29) is 0 Å². The summed E-state index contributed by atoms with van der Waals surface area (Å²) in [4.78, 5) is 8.37. The largest absolute Gasteiger partial charge is 0.309 e. The molecular weight excluding hydrogens is 242 g/mol. The number of hydrogen-bond donors (Lipinski definition) is 1. The molecule has 0 saturated heterocycles. The monoisotopic (exact) mass is 269 g/mol. The average molecular weight is 269 g/mol. The van der Waals surface area contributed by atoms with Crippen LogP contribution in [0.25, 0.3) is 0 Å². The summed E-state index contributed by atoms with van der Waals surface area (Å²) in [7, 11) is 4.18. The molecule has 1 aromatic heterocycles. The predicted molar refractivity (Wildman–Crippen MR) is 80.2 cm³/mol. The molecule has 0 aliphatic rings. The van der Waals surface area contributed by atoms with E-state index in [1.165, 1.54) is 22.0 Å². The highest BCUT2D eigenvalue weighted by Crippen LogP contribution is 2.25. The Morgan fingerprint density at radius 2 is 1.94 bits per heavy atom. The molecule has 0 bridgehead atoms. The number of aromatic nitrogens is 1. The molecule has 1 heterocycles. The van der Waals surface area contributed by atoms with E-state index in [0.717, 1.165) is 13.1 Å². The van der Waals surface area contributed by atoms with Crippen molar-refractivity contribution in [3.8, 4) is 0 Å². The molecule has 1 atom stereocenters. The lowest BCUT2D eigenvalue weighted by molar-refractivity contribution is 0.401. The topological polar surface area (TPSA) is 28.2 Å². The summed E-state index contributed by atoms with van der Waals surface area (Å²) in [6, 6.07) is 0.574. The number of thiazole rings is 1. The first-order chi connectivity index (χ1) is 8.43. The molecular formula is C14H27N3S. The molecule has 1 aromatic rings. The molecule has 4 heteroatoms. The van der Waals surface area contributed by atoms with Gasteiger partial charge in [0.1, 0.15) is 5.01 Å². The summed E-state index contributed by atoms with van der Waals surface area (Å²) >= 11 is 1.85. The van der Waals surface area contributed by atoms with E-state index in [9.17, 15) is 0 Å². The Morgan fingerprint density at radius 1 is 1.28 bits per heavy atom. The van der Waals surface area contributed by atoms with Crippen LogP contribution in [0.3, 0.4) is 0 Å². The summed E-state index contributed by atoms with van der Waals surface area (Å²) in [5.74, 6) is 0.505. The lowest BCUT2D eigenvalue weighted by Crippen LogP contribution is -2.24. The van der Waals surface area contributed by atoms with Crippen molar-refractivity contribution in [1.82, 2.24) is 15.2 Å². The Morgan fingerprint density at radius 3 is 2.44 bits per heavy atom. The zero-order valence-corrected chi connectivity index (χ0v) is 13.4. The van der Waals surface area contributed by atoms with Gasteiger partial charge in [-0.25, -0.2) is 4.98 Å². The maximum atomic E-state index is 4.79. The molecule has 1 N–H and O–H groups in total. The molecule has 18 heavy (non-hydrogen) atoms. The summed E-state index contributed by atoms with van der Waals surface area (Å²) in [6.45, 7) is 10.8. The summed E-state index contributed by atoms with van der Waals surface area (Å²) in [5, 5.41) is 4.79. The van der Waals surface area contributed by atoms with Gasteiger partial charge >= 0.3 is 0 Å². The molecule has 0 aromatic carbocycles. The second kappa shape index (κ2) is 7.22. The van der Waals surface area contributed by atoms with Crippen LogP contribution < -0.4 is 5.32 Å². The van der Waals surface area contributed by atoms with Gasteiger partial charge in [0.15, 0.2) is 0 Å². The Hall–Kier alpha value is -0.450. The number of hydrogen-bond acceptors (Lipinski definition) is 4. The van der Waals surface area contributed by atoms with E-state index in [0.29, 0.717) is 12.0 Å². The van der Waals surface area contributed by atoms with Gasteiger partial charge < -0.3 is 10.2 Å². The van der Waals surface area contributed by atoms with Crippen molar-refractivity contribution < 1.29 is 0 Å². The van der Waals surface area contributed by atoms with Crippen molar-refractivity contribution in [1.29, 1.82) is 0 Å². The highest BCUT2D eigenvalue weighted by atomic mass is 32.1. The molecule has 0 spiro atoms. The molecule has 0 fully saturated rings. The molecule has 0 saturated carbocycles. The smallest absolute Gasteiger partial charge is 0.107 e. The van der Waals surface area contributed by atoms with Crippen LogP contribution in [0, 0.1) is 0 Å². The van der Waals surface area contributed by atoms with Crippen LogP contribution in [-0.2, 0) is 13.1 Å². The van der Waals surface area contributed by atoms with Crippen molar-refractivity contribution >= 4 is 11.3 Å². The lowest BCUT2D eigenvalue weighted by Gasteiger charge is -2.11. The van der Waals surface area contributed by atoms with Crippen LogP contribution in [0.1, 0.15) is 55.6 Å². The maximum Gasteiger partial charge on any atom is 0.107 e. The van der Waals surface area contributed by atoms with E-state index in [2.05, 4.69) is 52.0 Å². The third-order valence-corrected chi connectivity index (χ3v) is 4.05. The van der Waals surface area contributed by atoms with Gasteiger partial charge in [-0.15, -0.1) is 11.3 Å². The van der Waals surface area contributed by atoms with Gasteiger partial charge in [0.2, 0.25) is 0 Å². The first kappa shape index (κ1) is 15.6. The Labute approximate surface area is 116 Å². The second-order valence-electron chi connectivity index (χ2n) is 5.50. The van der Waals surface area contributed by atoms with Crippen LogP contribution in [0.5, 0.6) is 0 Å². The Kier molecular flexibility index (Phi) is 6.26. The fourth-order valence-corrected chi connectivity index (χ4v) is 3.03. The van der Waals surface area contributed by atoms with Crippen molar-refractivity contribution in [3.63, 3.8) is 0 Å². The zero-order valence-electron chi connectivity index (χ0n) is 12.6. The molecule has 1 rings (SSSR count). The summed E-state index contributed by atoms with van der Waals surface area (Å²) in [5.41, 5.74) is 1.27. The normalized spacial score (nSPS) is 13.6. The first-order valence-electron chi connectivity index (χ1n) is 6.80. The minimum atomic E-state index is 0.505. The minimum absolute atomic E-state index is 0.505. The molecule has 1 unspecified atom stereocenters. The van der Waals surface area contributed by atoms with Crippen molar-refractivity contribution in [2.45, 2.75) is 59.2 Å². The van der Waals surface area contributed by atoms with Gasteiger partial charge in [-0.05, 0) is 33.4 Å². The molecule has 104 valence electrons. The molecule has 0 amide bonds. The van der Waals surface area contributed by atoms with Gasteiger partial charge in [-0.2, -0.15) is 0 Å². The Balaban J connectivity index is 2.77. The highest BCUT2D eigenvalue weighted by molar-refractivity contribution is 7.11. The Bertz CT molecular complexity index is 358. The van der Waals surface area contributed by atoms with E-state index in [1.807, 2.05) is 11.3 Å². The number of rotatable bonds is 7. The van der Waals surface area contributed by atoms with Crippen LogP contribution in [0.4, 0.5) is 0 Å². The third kappa shape index (κ3) is 4.67. The highest BCUT2D eigenvalue weighted by Gasteiger charge is 2.14. The van der Waals surface area contributed by atoms with Gasteiger partial charge in [0.25, 0.3) is 0 Å². The first-order valence-corrected chi connectivity index (χ1v) is 7.62. The average Bonchev–Trinajstić information content (AvgIpc) is 2.68. The SMILES string of the molecule is CCC(C)NCc1sc(CN(C)C)nc1C(C)C. The van der Waals surface area contributed by atoms with Gasteiger partial charge in [0.05, 0.1) is 5.69 Å². The van der Waals surface area contributed by atoms with Crippen LogP contribution >= 0.6 is 11.3 Å². The van der Waals surface area contributed by atoms with Gasteiger partial charge in [-0.3, -0.25) is 0 Å². The summed E-state index contributed by atoms with van der Waals surface area (Å²) in [6.07, 6.45) is 1.17. The standard InChI is InChI=1S/C14H27N3S/c1-7-11(4)15-8-12-14(10(2)3)16-13(18-12)9-17(5)6/h10-11,15H,7-9H2,1-6H3. The third-order valence-electron chi connectivity index (χ3n) is 2.99. The second-order valence-corrected chi connectivity index (χ2v) is 6.67. The number of nitrogens with zero attached hydrogens (tertiary/aromatic N) is 2. The summed E-state index contributed by atoms with van der Waals surface area (Å²) < 4.78 is 0. The van der Waals surface area contributed by atoms with E-state index < -0.39 is 0 Å². The van der Waals surface area contributed by atoms with E-state index in [4.69, 9.17) is 4.98 Å². The van der Waals surface area contributed by atoms with E-state index >= 15 is 0 Å². The lowest BCUT2D eigenvalue weighted by atomic mass is 10.1. The fourth-order valence-electron chi connectivity index (χ4n) is 1.74. The molecule has 3 nitrogen and oxygen atoms in total. The molecule has 0 aliphatic heterocycles. The maximum absolute atomic E-state index is 4.79. The predicted octanol–water partition coefficient (Wildman–Crippen LogP) is 3.22. The van der Waals surface area contributed by atoms with Crippen molar-refractivity contribution in [2.24, 2.45) is 0 Å². The van der Waals surface area contributed by atoms with E-state index in [1.54, 1.807) is 0 Å². The molecule has 0 radical (unpaired) electrons. The molecule has 0 aliphatic carbocycles. The van der Waals surface area contributed by atoms with Crippen LogP contribution in [-0.4, -0.2) is 30.0 Å². The van der Waals surface area contributed by atoms with Crippen molar-refractivity contribution in [2.75, 3.05) is 14.1 Å². The zero-order chi connectivity index (χ0) is 13.7. The van der Waals surface area contributed by atoms with Crippen molar-refractivity contribution in [3.05, 3.63) is 15.6 Å². The minimum Gasteiger partial charge on any atom is -0.309 e. The van der Waals surface area contributed by atoms with Crippen LogP contribution in [0.15, 0.2) is 0 Å².